The summed E-state index contributed by atoms with van der Waals surface area (Å²) in [5.41, 5.74) is 2.13. The second-order valence-corrected chi connectivity index (χ2v) is 6.08. The fourth-order valence-electron chi connectivity index (χ4n) is 2.20. The number of thiocarbonyl (C=S) groups is 1. The maximum atomic E-state index is 12.4. The van der Waals surface area contributed by atoms with Crippen molar-refractivity contribution in [1.29, 1.82) is 0 Å². The number of hydrogen-bond donors (Lipinski definition) is 2. The first-order chi connectivity index (χ1) is 10.5. The van der Waals surface area contributed by atoms with E-state index in [1.807, 2.05) is 31.2 Å². The number of carbonyl (C=O) groups is 1. The van der Waals surface area contributed by atoms with Gasteiger partial charge in [-0.25, -0.2) is 4.79 Å². The zero-order valence-corrected chi connectivity index (χ0v) is 14.7. The Morgan fingerprint density at radius 1 is 1.41 bits per heavy atom. The highest BCUT2D eigenvalue weighted by Gasteiger charge is 2.30. The van der Waals surface area contributed by atoms with E-state index in [4.69, 9.17) is 21.7 Å². The first-order valence-corrected chi connectivity index (χ1v) is 7.93. The quantitative estimate of drug-likeness (QED) is 0.461. The van der Waals surface area contributed by atoms with Crippen molar-refractivity contribution in [3.05, 3.63) is 45.6 Å². The Labute approximate surface area is 143 Å². The van der Waals surface area contributed by atoms with Gasteiger partial charge in [0, 0.05) is 17.3 Å². The Bertz CT molecular complexity index is 619. The van der Waals surface area contributed by atoms with Crippen LogP contribution in [0.3, 0.4) is 0 Å². The monoisotopic (exact) mass is 384 g/mol. The van der Waals surface area contributed by atoms with Gasteiger partial charge in [0.05, 0.1) is 18.2 Å². The third-order valence-corrected chi connectivity index (χ3v) is 3.90. The summed E-state index contributed by atoms with van der Waals surface area (Å²) in [5.74, 6) is -0.387. The number of halogens is 1. The fraction of sp³-hybridized carbons (Fsp3) is 0.333. The van der Waals surface area contributed by atoms with E-state index < -0.39 is 0 Å². The van der Waals surface area contributed by atoms with Gasteiger partial charge in [0.2, 0.25) is 0 Å². The normalized spacial score (nSPS) is 17.8. The number of methoxy groups -OCH3 is 1. The molecule has 0 bridgehead atoms. The molecule has 1 aromatic carbocycles. The van der Waals surface area contributed by atoms with Crippen LogP contribution in [0.1, 0.15) is 18.5 Å². The van der Waals surface area contributed by atoms with Crippen LogP contribution in [0.5, 0.6) is 0 Å². The van der Waals surface area contributed by atoms with Crippen LogP contribution in [-0.2, 0) is 14.3 Å². The average Bonchev–Trinajstić information content (AvgIpc) is 2.46. The summed E-state index contributed by atoms with van der Waals surface area (Å²) in [6.07, 6.45) is 0. The lowest BCUT2D eigenvalue weighted by molar-refractivity contribution is -0.140. The van der Waals surface area contributed by atoms with E-state index >= 15 is 0 Å². The molecule has 0 amide bonds. The van der Waals surface area contributed by atoms with Crippen molar-refractivity contribution < 1.29 is 14.3 Å². The third-order valence-electron chi connectivity index (χ3n) is 3.19. The van der Waals surface area contributed by atoms with Crippen LogP contribution in [0.2, 0.25) is 0 Å². The van der Waals surface area contributed by atoms with Gasteiger partial charge in [0.1, 0.15) is 6.61 Å². The smallest absolute Gasteiger partial charge is 0.338 e. The van der Waals surface area contributed by atoms with Gasteiger partial charge < -0.3 is 20.1 Å². The first kappa shape index (κ1) is 16.9. The largest absolute Gasteiger partial charge is 0.460 e. The molecule has 1 atom stereocenters. The molecule has 2 N–H and O–H groups in total. The summed E-state index contributed by atoms with van der Waals surface area (Å²) in [6, 6.07) is 7.38. The Morgan fingerprint density at radius 3 is 2.86 bits per heavy atom. The maximum absolute atomic E-state index is 12.4. The molecule has 0 fully saturated rings. The van der Waals surface area contributed by atoms with Crippen LogP contribution in [0.15, 0.2) is 40.0 Å². The van der Waals surface area contributed by atoms with E-state index in [0.717, 1.165) is 10.0 Å². The highest BCUT2D eigenvalue weighted by atomic mass is 79.9. The van der Waals surface area contributed by atoms with Crippen molar-refractivity contribution in [2.75, 3.05) is 20.3 Å². The number of rotatable bonds is 5. The molecule has 1 aliphatic rings. The molecule has 0 saturated carbocycles. The molecular formula is C15H17BrN2O3S. The van der Waals surface area contributed by atoms with E-state index in [-0.39, 0.29) is 18.6 Å². The molecule has 0 spiro atoms. The van der Waals surface area contributed by atoms with Crippen LogP contribution in [0.4, 0.5) is 0 Å². The minimum absolute atomic E-state index is 0.210. The van der Waals surface area contributed by atoms with Crippen LogP contribution in [0, 0.1) is 0 Å². The van der Waals surface area contributed by atoms with Gasteiger partial charge in [0.15, 0.2) is 5.11 Å². The molecule has 0 aliphatic carbocycles. The van der Waals surface area contributed by atoms with E-state index in [0.29, 0.717) is 23.0 Å². The van der Waals surface area contributed by atoms with Crippen molar-refractivity contribution in [2.45, 2.75) is 13.0 Å². The zero-order valence-electron chi connectivity index (χ0n) is 12.3. The molecule has 1 aliphatic heterocycles. The Kier molecular flexibility index (Phi) is 5.93. The zero-order chi connectivity index (χ0) is 16.1. The van der Waals surface area contributed by atoms with E-state index in [1.165, 1.54) is 0 Å². The molecule has 0 radical (unpaired) electrons. The summed E-state index contributed by atoms with van der Waals surface area (Å²) in [5, 5.41) is 6.57. The summed E-state index contributed by atoms with van der Waals surface area (Å²) >= 11 is 8.64. The van der Waals surface area contributed by atoms with Gasteiger partial charge in [-0.3, -0.25) is 0 Å². The summed E-state index contributed by atoms with van der Waals surface area (Å²) in [4.78, 5) is 12.4. The van der Waals surface area contributed by atoms with Gasteiger partial charge >= 0.3 is 5.97 Å². The summed E-state index contributed by atoms with van der Waals surface area (Å²) in [7, 11) is 1.56. The van der Waals surface area contributed by atoms with E-state index in [1.54, 1.807) is 7.11 Å². The molecule has 5 nitrogen and oxygen atoms in total. The lowest BCUT2D eigenvalue weighted by Gasteiger charge is -2.30. The minimum Gasteiger partial charge on any atom is -0.460 e. The Hall–Kier alpha value is -1.44. The van der Waals surface area contributed by atoms with Crippen molar-refractivity contribution >= 4 is 39.2 Å². The van der Waals surface area contributed by atoms with Crippen molar-refractivity contribution in [3.63, 3.8) is 0 Å². The second kappa shape index (κ2) is 7.71. The van der Waals surface area contributed by atoms with Crippen LogP contribution < -0.4 is 10.6 Å². The number of allylic oxidation sites excluding steroid dienone is 1. The summed E-state index contributed by atoms with van der Waals surface area (Å²) in [6.45, 7) is 2.38. The molecule has 0 aromatic heterocycles. The van der Waals surface area contributed by atoms with Crippen LogP contribution in [0.25, 0.3) is 0 Å². The predicted octanol–water partition coefficient (Wildman–Crippen LogP) is 2.43. The number of esters is 1. The molecule has 0 saturated heterocycles. The number of nitrogens with one attached hydrogen (secondary N) is 2. The molecule has 118 valence electrons. The molecular weight excluding hydrogens is 368 g/mol. The van der Waals surface area contributed by atoms with Crippen LogP contribution in [-0.4, -0.2) is 31.4 Å². The van der Waals surface area contributed by atoms with Crippen LogP contribution >= 0.6 is 28.1 Å². The topological polar surface area (TPSA) is 59.6 Å². The van der Waals surface area contributed by atoms with Crippen molar-refractivity contribution in [2.24, 2.45) is 0 Å². The molecule has 1 heterocycles. The predicted molar refractivity (Wildman–Crippen MR) is 91.3 cm³/mol. The summed E-state index contributed by atoms with van der Waals surface area (Å²) < 4.78 is 11.1. The lowest BCUT2D eigenvalue weighted by atomic mass is 9.96. The number of ether oxygens (including phenoxy) is 2. The number of carbonyl (C=O) groups excluding carboxylic acids is 1. The van der Waals surface area contributed by atoms with E-state index in [9.17, 15) is 4.79 Å². The van der Waals surface area contributed by atoms with Gasteiger partial charge in [-0.05, 0) is 36.8 Å². The Morgan fingerprint density at radius 2 is 2.18 bits per heavy atom. The fourth-order valence-corrected chi connectivity index (χ4v) is 2.88. The molecule has 2 rings (SSSR count). The van der Waals surface area contributed by atoms with Crippen molar-refractivity contribution in [3.8, 4) is 0 Å². The molecule has 0 unspecified atom stereocenters. The SMILES string of the molecule is COCCOC(=O)C1=C(C)NC(=S)N[C@@H]1c1cccc(Br)c1. The first-order valence-electron chi connectivity index (χ1n) is 6.72. The molecule has 1 aromatic rings. The van der Waals surface area contributed by atoms with Gasteiger partial charge in [-0.2, -0.15) is 0 Å². The van der Waals surface area contributed by atoms with Gasteiger partial charge in [-0.1, -0.05) is 28.1 Å². The van der Waals surface area contributed by atoms with Crippen molar-refractivity contribution in [1.82, 2.24) is 10.6 Å². The third kappa shape index (κ3) is 4.06. The molecule has 7 heteroatoms. The second-order valence-electron chi connectivity index (χ2n) is 4.75. The van der Waals surface area contributed by atoms with E-state index in [2.05, 4.69) is 26.6 Å². The lowest BCUT2D eigenvalue weighted by Crippen LogP contribution is -2.45. The standard InChI is InChI=1S/C15H17BrN2O3S/c1-9-12(14(19)21-7-6-20-2)13(18-15(22)17-9)10-4-3-5-11(16)8-10/h3-5,8,13H,6-7H2,1-2H3,(H2,17,18,22)/t13-/m1/s1. The average molecular weight is 385 g/mol. The van der Waals surface area contributed by atoms with Gasteiger partial charge in [0.25, 0.3) is 0 Å². The Balaban J connectivity index is 2.30. The number of hydrogen-bond acceptors (Lipinski definition) is 4. The molecule has 22 heavy (non-hydrogen) atoms. The minimum atomic E-state index is -0.387. The number of benzene rings is 1. The highest BCUT2D eigenvalue weighted by molar-refractivity contribution is 9.10. The highest BCUT2D eigenvalue weighted by Crippen LogP contribution is 2.29. The maximum Gasteiger partial charge on any atom is 0.338 e. The van der Waals surface area contributed by atoms with Gasteiger partial charge in [-0.15, -0.1) is 0 Å².